The summed E-state index contributed by atoms with van der Waals surface area (Å²) in [4.78, 5) is 17.3. The zero-order valence-electron chi connectivity index (χ0n) is 10.9. The van der Waals surface area contributed by atoms with Crippen molar-refractivity contribution in [2.45, 2.75) is 45.1 Å². The normalized spacial score (nSPS) is 21.4. The molecule has 1 N–H and O–H groups in total. The van der Waals surface area contributed by atoms with Crippen molar-refractivity contribution in [2.75, 3.05) is 13.1 Å². The minimum atomic E-state index is -0.873. The summed E-state index contributed by atoms with van der Waals surface area (Å²) in [7, 11) is 0. The average Bonchev–Trinajstić information content (AvgIpc) is 2.77. The summed E-state index contributed by atoms with van der Waals surface area (Å²) in [5.41, 5.74) is 0.513. The molecule has 0 amide bonds. The van der Waals surface area contributed by atoms with Crippen molar-refractivity contribution >= 4 is 5.97 Å². The van der Waals surface area contributed by atoms with E-state index in [0.717, 1.165) is 25.9 Å². The summed E-state index contributed by atoms with van der Waals surface area (Å²) in [5, 5.41) is 8.71. The molecule has 0 saturated carbocycles. The van der Waals surface area contributed by atoms with E-state index in [2.05, 4.69) is 23.7 Å². The summed E-state index contributed by atoms with van der Waals surface area (Å²) in [6.45, 7) is 6.45. The lowest BCUT2D eigenvalue weighted by molar-refractivity contribution is -0.136. The SMILES string of the molecule is CC(C)N1CCCC(c2nc(CC(=O)O)co2)C1. The third-order valence-electron chi connectivity index (χ3n) is 3.43. The number of piperidine rings is 1. The second-order valence-electron chi connectivity index (χ2n) is 5.18. The maximum absolute atomic E-state index is 10.6. The summed E-state index contributed by atoms with van der Waals surface area (Å²) in [6, 6.07) is 0.529. The first kappa shape index (κ1) is 13.1. The predicted molar refractivity (Wildman–Crippen MR) is 66.5 cm³/mol. The number of aliphatic carboxylic acids is 1. The van der Waals surface area contributed by atoms with Gasteiger partial charge >= 0.3 is 5.97 Å². The first-order valence-electron chi connectivity index (χ1n) is 6.46. The number of hydrogen-bond donors (Lipinski definition) is 1. The molecule has 1 atom stereocenters. The molecule has 0 radical (unpaired) electrons. The quantitative estimate of drug-likeness (QED) is 0.886. The highest BCUT2D eigenvalue weighted by atomic mass is 16.4. The molecule has 0 aliphatic carbocycles. The summed E-state index contributed by atoms with van der Waals surface area (Å²) in [6.07, 6.45) is 3.61. The molecule has 0 aromatic carbocycles. The van der Waals surface area contributed by atoms with E-state index in [9.17, 15) is 4.79 Å². The molecule has 0 spiro atoms. The Labute approximate surface area is 107 Å². The van der Waals surface area contributed by atoms with Gasteiger partial charge in [-0.3, -0.25) is 4.79 Å². The molecule has 2 heterocycles. The van der Waals surface area contributed by atoms with Gasteiger partial charge in [-0.05, 0) is 33.2 Å². The zero-order chi connectivity index (χ0) is 13.1. The molecule has 1 aromatic heterocycles. The van der Waals surface area contributed by atoms with Crippen LogP contribution >= 0.6 is 0 Å². The highest BCUT2D eigenvalue weighted by Crippen LogP contribution is 2.27. The van der Waals surface area contributed by atoms with Crippen LogP contribution in [-0.2, 0) is 11.2 Å². The second kappa shape index (κ2) is 5.52. The van der Waals surface area contributed by atoms with Crippen LogP contribution in [0, 0.1) is 0 Å². The second-order valence-corrected chi connectivity index (χ2v) is 5.18. The van der Waals surface area contributed by atoms with Gasteiger partial charge in [0, 0.05) is 18.5 Å². The van der Waals surface area contributed by atoms with E-state index in [-0.39, 0.29) is 6.42 Å². The number of carbonyl (C=O) groups is 1. The molecule has 18 heavy (non-hydrogen) atoms. The lowest BCUT2D eigenvalue weighted by Gasteiger charge is -2.34. The molecule has 1 fully saturated rings. The number of likely N-dealkylation sites (tertiary alicyclic amines) is 1. The van der Waals surface area contributed by atoms with Gasteiger partial charge in [0.1, 0.15) is 6.26 Å². The van der Waals surface area contributed by atoms with Gasteiger partial charge in [-0.25, -0.2) is 4.98 Å². The van der Waals surface area contributed by atoms with E-state index in [1.54, 1.807) is 0 Å². The van der Waals surface area contributed by atoms with Crippen LogP contribution in [0.15, 0.2) is 10.7 Å². The van der Waals surface area contributed by atoms with E-state index in [0.29, 0.717) is 23.5 Å². The van der Waals surface area contributed by atoms with Gasteiger partial charge in [0.15, 0.2) is 5.89 Å². The van der Waals surface area contributed by atoms with Crippen LogP contribution in [0.3, 0.4) is 0 Å². The van der Waals surface area contributed by atoms with E-state index in [1.807, 2.05) is 0 Å². The third kappa shape index (κ3) is 3.10. The Morgan fingerprint density at radius 2 is 2.44 bits per heavy atom. The molecule has 5 nitrogen and oxygen atoms in total. The van der Waals surface area contributed by atoms with Crippen LogP contribution in [0.2, 0.25) is 0 Å². The first-order chi connectivity index (χ1) is 8.56. The van der Waals surface area contributed by atoms with Gasteiger partial charge in [0.25, 0.3) is 0 Å². The van der Waals surface area contributed by atoms with Gasteiger partial charge in [0.2, 0.25) is 0 Å². The minimum absolute atomic E-state index is 0.0654. The number of carboxylic acids is 1. The molecule has 1 aliphatic heterocycles. The largest absolute Gasteiger partial charge is 0.481 e. The molecular formula is C13H20N2O3. The zero-order valence-corrected chi connectivity index (χ0v) is 10.9. The Hall–Kier alpha value is -1.36. The van der Waals surface area contributed by atoms with Crippen LogP contribution in [0.4, 0.5) is 0 Å². The van der Waals surface area contributed by atoms with Crippen LogP contribution in [0.1, 0.15) is 44.2 Å². The van der Waals surface area contributed by atoms with Gasteiger partial charge in [-0.15, -0.1) is 0 Å². The van der Waals surface area contributed by atoms with Crippen molar-refractivity contribution < 1.29 is 14.3 Å². The number of aromatic nitrogens is 1. The lowest BCUT2D eigenvalue weighted by Crippen LogP contribution is -2.39. The van der Waals surface area contributed by atoms with Crippen molar-refractivity contribution in [1.82, 2.24) is 9.88 Å². The smallest absolute Gasteiger partial charge is 0.309 e. The summed E-state index contributed by atoms with van der Waals surface area (Å²) >= 11 is 0. The average molecular weight is 252 g/mol. The van der Waals surface area contributed by atoms with E-state index >= 15 is 0 Å². The predicted octanol–water partition coefficient (Wildman–Crippen LogP) is 1.89. The Morgan fingerprint density at radius 3 is 3.11 bits per heavy atom. The first-order valence-corrected chi connectivity index (χ1v) is 6.46. The number of rotatable bonds is 4. The van der Waals surface area contributed by atoms with Crippen LogP contribution in [-0.4, -0.2) is 40.1 Å². The highest BCUT2D eigenvalue weighted by Gasteiger charge is 2.26. The molecular weight excluding hydrogens is 232 g/mol. The monoisotopic (exact) mass is 252 g/mol. The maximum atomic E-state index is 10.6. The van der Waals surface area contributed by atoms with Crippen molar-refractivity contribution in [3.05, 3.63) is 17.8 Å². The van der Waals surface area contributed by atoms with Crippen molar-refractivity contribution in [3.8, 4) is 0 Å². The minimum Gasteiger partial charge on any atom is -0.481 e. The van der Waals surface area contributed by atoms with Crippen LogP contribution in [0.5, 0.6) is 0 Å². The molecule has 5 heteroatoms. The molecule has 0 bridgehead atoms. The fourth-order valence-corrected chi connectivity index (χ4v) is 2.42. The Balaban J connectivity index is 2.02. The summed E-state index contributed by atoms with van der Waals surface area (Å²) < 4.78 is 5.43. The van der Waals surface area contributed by atoms with E-state index in [4.69, 9.17) is 9.52 Å². The molecule has 1 saturated heterocycles. The molecule has 100 valence electrons. The highest BCUT2D eigenvalue weighted by molar-refractivity contribution is 5.69. The van der Waals surface area contributed by atoms with E-state index < -0.39 is 5.97 Å². The van der Waals surface area contributed by atoms with Gasteiger partial charge < -0.3 is 14.4 Å². The van der Waals surface area contributed by atoms with Crippen molar-refractivity contribution in [1.29, 1.82) is 0 Å². The van der Waals surface area contributed by atoms with Crippen LogP contribution < -0.4 is 0 Å². The Kier molecular flexibility index (Phi) is 4.01. The molecule has 2 rings (SSSR count). The number of nitrogens with zero attached hydrogens (tertiary/aromatic N) is 2. The number of carboxylic acid groups (broad SMARTS) is 1. The lowest BCUT2D eigenvalue weighted by atomic mass is 9.97. The maximum Gasteiger partial charge on any atom is 0.309 e. The third-order valence-corrected chi connectivity index (χ3v) is 3.43. The Bertz CT molecular complexity index is 414. The Morgan fingerprint density at radius 1 is 1.67 bits per heavy atom. The van der Waals surface area contributed by atoms with Crippen LogP contribution in [0.25, 0.3) is 0 Å². The topological polar surface area (TPSA) is 66.6 Å². The molecule has 1 aromatic rings. The fraction of sp³-hybridized carbons (Fsp3) is 0.692. The number of hydrogen-bond acceptors (Lipinski definition) is 4. The molecule has 1 unspecified atom stereocenters. The number of oxazole rings is 1. The van der Waals surface area contributed by atoms with Gasteiger partial charge in [-0.1, -0.05) is 0 Å². The van der Waals surface area contributed by atoms with E-state index in [1.165, 1.54) is 6.26 Å². The van der Waals surface area contributed by atoms with Crippen molar-refractivity contribution in [3.63, 3.8) is 0 Å². The molecule has 1 aliphatic rings. The summed E-state index contributed by atoms with van der Waals surface area (Å²) in [5.74, 6) is 0.114. The standard InChI is InChI=1S/C13H20N2O3/c1-9(2)15-5-3-4-10(7-15)13-14-11(8-18-13)6-12(16)17/h8-10H,3-7H2,1-2H3,(H,16,17). The van der Waals surface area contributed by atoms with Crippen molar-refractivity contribution in [2.24, 2.45) is 0 Å². The van der Waals surface area contributed by atoms with Gasteiger partial charge in [0.05, 0.1) is 12.1 Å². The fourth-order valence-electron chi connectivity index (χ4n) is 2.42. The van der Waals surface area contributed by atoms with Gasteiger partial charge in [-0.2, -0.15) is 0 Å².